The largest absolute Gasteiger partial charge is 0.496 e. The monoisotopic (exact) mass is 472 g/mol. The van der Waals surface area contributed by atoms with Crippen LogP contribution in [0.2, 0.25) is 0 Å². The summed E-state index contributed by atoms with van der Waals surface area (Å²) in [6, 6.07) is 4.65. The molecular weight excluding hydrogens is 445 g/mol. The van der Waals surface area contributed by atoms with Gasteiger partial charge in [0.05, 0.1) is 23.3 Å². The lowest BCUT2D eigenvalue weighted by Gasteiger charge is -2.20. The van der Waals surface area contributed by atoms with Gasteiger partial charge < -0.3 is 14.4 Å². The van der Waals surface area contributed by atoms with Crippen molar-refractivity contribution >= 4 is 15.7 Å². The predicted octanol–water partition coefficient (Wildman–Crippen LogP) is 4.52. The summed E-state index contributed by atoms with van der Waals surface area (Å²) in [6.45, 7) is 6.26. The minimum Gasteiger partial charge on any atom is -0.496 e. The molecule has 1 saturated heterocycles. The van der Waals surface area contributed by atoms with Crippen molar-refractivity contribution in [1.29, 1.82) is 0 Å². The van der Waals surface area contributed by atoms with Crippen LogP contribution in [-0.2, 0) is 16.2 Å². The highest BCUT2D eigenvalue weighted by molar-refractivity contribution is 7.92. The van der Waals surface area contributed by atoms with E-state index in [1.54, 1.807) is 26.8 Å². The molecule has 0 bridgehead atoms. The smallest absolute Gasteiger partial charge is 0.419 e. The topological polar surface area (TPSA) is 67.9 Å². The normalized spacial score (nSPS) is 17.4. The summed E-state index contributed by atoms with van der Waals surface area (Å²) in [5.41, 5.74) is 0.691. The molecule has 1 N–H and O–H groups in total. The third-order valence-corrected chi connectivity index (χ3v) is 7.32. The van der Waals surface area contributed by atoms with Crippen molar-refractivity contribution < 1.29 is 31.1 Å². The number of nitrogens with zero attached hydrogens (tertiary/aromatic N) is 1. The molecule has 0 radical (unpaired) electrons. The first-order chi connectivity index (χ1) is 14.8. The van der Waals surface area contributed by atoms with E-state index < -0.39 is 33.6 Å². The third-order valence-electron chi connectivity index (χ3n) is 5.65. The molecule has 1 atom stereocenters. The minimum atomic E-state index is -4.63. The molecule has 1 aliphatic rings. The van der Waals surface area contributed by atoms with Gasteiger partial charge >= 0.3 is 6.18 Å². The van der Waals surface area contributed by atoms with Crippen LogP contribution in [0.5, 0.6) is 11.5 Å². The molecule has 2 aromatic carbocycles. The number of halogens is 3. The van der Waals surface area contributed by atoms with Gasteiger partial charge in [-0.05, 0) is 69.1 Å². The lowest BCUT2D eigenvalue weighted by Crippen LogP contribution is -2.23. The minimum absolute atomic E-state index is 0.00776. The van der Waals surface area contributed by atoms with E-state index in [0.29, 0.717) is 42.0 Å². The van der Waals surface area contributed by atoms with Crippen molar-refractivity contribution in [2.45, 2.75) is 44.4 Å². The highest BCUT2D eigenvalue weighted by Gasteiger charge is 2.36. The van der Waals surface area contributed by atoms with Crippen molar-refractivity contribution in [3.63, 3.8) is 0 Å². The number of likely N-dealkylation sites (tertiary alicyclic amines) is 1. The number of hydrogen-bond acceptors (Lipinski definition) is 5. The predicted molar refractivity (Wildman–Crippen MR) is 116 cm³/mol. The molecule has 0 saturated carbocycles. The van der Waals surface area contributed by atoms with Gasteiger partial charge in [0, 0.05) is 19.2 Å². The first-order valence-electron chi connectivity index (χ1n) is 10.1. The van der Waals surface area contributed by atoms with Gasteiger partial charge in [0.2, 0.25) is 0 Å². The highest BCUT2D eigenvalue weighted by atomic mass is 32.2. The molecule has 10 heteroatoms. The van der Waals surface area contributed by atoms with Crippen LogP contribution in [0.1, 0.15) is 28.7 Å². The highest BCUT2D eigenvalue weighted by Crippen LogP contribution is 2.39. The van der Waals surface area contributed by atoms with Crippen LogP contribution in [0.3, 0.4) is 0 Å². The van der Waals surface area contributed by atoms with E-state index >= 15 is 0 Å². The molecular formula is C22H27F3N2O4S. The first kappa shape index (κ1) is 24.2. The lowest BCUT2D eigenvalue weighted by molar-refractivity contribution is -0.139. The summed E-state index contributed by atoms with van der Waals surface area (Å²) in [7, 11) is -0.713. The Hall–Kier alpha value is -2.46. The summed E-state index contributed by atoms with van der Waals surface area (Å²) in [5.74, 6) is 0.169. The van der Waals surface area contributed by atoms with Crippen LogP contribution in [0.4, 0.5) is 18.9 Å². The Balaban J connectivity index is 1.98. The molecule has 0 aliphatic carbocycles. The molecule has 176 valence electrons. The van der Waals surface area contributed by atoms with Crippen LogP contribution in [0, 0.1) is 20.8 Å². The van der Waals surface area contributed by atoms with Crippen molar-refractivity contribution in [2.75, 3.05) is 32.0 Å². The molecule has 2 aromatic rings. The van der Waals surface area contributed by atoms with Gasteiger partial charge in [0.15, 0.2) is 0 Å². The third kappa shape index (κ3) is 4.96. The van der Waals surface area contributed by atoms with E-state index in [2.05, 4.69) is 4.72 Å². The molecule has 6 nitrogen and oxygen atoms in total. The molecule has 0 aromatic heterocycles. The molecule has 1 fully saturated rings. The Morgan fingerprint density at radius 1 is 1.09 bits per heavy atom. The van der Waals surface area contributed by atoms with Gasteiger partial charge in [-0.15, -0.1) is 0 Å². The Labute approximate surface area is 186 Å². The maximum atomic E-state index is 13.5. The maximum Gasteiger partial charge on any atom is 0.419 e. The molecule has 0 amide bonds. The van der Waals surface area contributed by atoms with Crippen LogP contribution < -0.4 is 14.2 Å². The Kier molecular flexibility index (Phi) is 6.67. The van der Waals surface area contributed by atoms with Crippen LogP contribution in [0.25, 0.3) is 0 Å². The average molecular weight is 473 g/mol. The van der Waals surface area contributed by atoms with E-state index in [9.17, 15) is 21.6 Å². The standard InChI is InChI=1S/C22H27F3N2O4S/c1-13-10-19(30-5)14(2)15(3)21(13)32(28,29)26-16-6-7-18(22(23,24)25)20(11-16)31-17-8-9-27(4)12-17/h6-7,10-11,17,26H,8-9,12H2,1-5H3/t17-/m0/s1. The maximum absolute atomic E-state index is 13.5. The second kappa shape index (κ2) is 8.82. The lowest BCUT2D eigenvalue weighted by atomic mass is 10.1. The van der Waals surface area contributed by atoms with Crippen LogP contribution >= 0.6 is 0 Å². The number of aryl methyl sites for hydroxylation is 1. The quantitative estimate of drug-likeness (QED) is 0.670. The van der Waals surface area contributed by atoms with E-state index in [1.807, 2.05) is 11.9 Å². The fourth-order valence-corrected chi connectivity index (χ4v) is 5.52. The molecule has 32 heavy (non-hydrogen) atoms. The van der Waals surface area contributed by atoms with Crippen LogP contribution in [-0.4, -0.2) is 46.7 Å². The zero-order chi connectivity index (χ0) is 23.8. The molecule has 0 spiro atoms. The van der Waals surface area contributed by atoms with Gasteiger partial charge in [-0.1, -0.05) is 0 Å². The second-order valence-corrected chi connectivity index (χ2v) is 9.70. The molecule has 1 heterocycles. The SMILES string of the molecule is COc1cc(C)c(S(=O)(=O)Nc2ccc(C(F)(F)F)c(O[C@H]3CCN(C)C3)c2)c(C)c1C. The molecule has 0 unspecified atom stereocenters. The Morgan fingerprint density at radius 2 is 1.78 bits per heavy atom. The zero-order valence-corrected chi connectivity index (χ0v) is 19.4. The molecule has 1 aliphatic heterocycles. The van der Waals surface area contributed by atoms with Crippen molar-refractivity contribution in [1.82, 2.24) is 4.90 Å². The van der Waals surface area contributed by atoms with Crippen molar-refractivity contribution in [3.8, 4) is 11.5 Å². The average Bonchev–Trinajstić information content (AvgIpc) is 3.08. The van der Waals surface area contributed by atoms with Gasteiger partial charge in [0.1, 0.15) is 17.6 Å². The number of alkyl halides is 3. The number of sulfonamides is 1. The fourth-order valence-electron chi connectivity index (χ4n) is 3.94. The Morgan fingerprint density at radius 3 is 2.34 bits per heavy atom. The van der Waals surface area contributed by atoms with E-state index in [0.717, 1.165) is 18.2 Å². The number of rotatable bonds is 6. The van der Waals surface area contributed by atoms with Crippen molar-refractivity contribution in [2.24, 2.45) is 0 Å². The summed E-state index contributed by atoms with van der Waals surface area (Å²) >= 11 is 0. The van der Waals surface area contributed by atoms with Gasteiger partial charge in [-0.2, -0.15) is 13.2 Å². The Bertz CT molecular complexity index is 1120. The second-order valence-electron chi connectivity index (χ2n) is 8.08. The molecule has 3 rings (SSSR count). The van der Waals surface area contributed by atoms with Gasteiger partial charge in [0.25, 0.3) is 10.0 Å². The summed E-state index contributed by atoms with van der Waals surface area (Å²) in [4.78, 5) is 2.03. The number of anilines is 1. The van der Waals surface area contributed by atoms with Crippen LogP contribution in [0.15, 0.2) is 29.2 Å². The summed E-state index contributed by atoms with van der Waals surface area (Å²) < 4.78 is 80.2. The van der Waals surface area contributed by atoms with Gasteiger partial charge in [-0.3, -0.25) is 4.72 Å². The number of hydrogen-bond donors (Lipinski definition) is 1. The summed E-state index contributed by atoms with van der Waals surface area (Å²) in [5, 5.41) is 0. The van der Waals surface area contributed by atoms with Crippen molar-refractivity contribution in [3.05, 3.63) is 46.5 Å². The van der Waals surface area contributed by atoms with E-state index in [4.69, 9.17) is 9.47 Å². The fraction of sp³-hybridized carbons (Fsp3) is 0.455. The summed E-state index contributed by atoms with van der Waals surface area (Å²) in [6.07, 6.45) is -4.44. The number of benzene rings is 2. The van der Waals surface area contributed by atoms with E-state index in [-0.39, 0.29) is 10.6 Å². The number of likely N-dealkylation sites (N-methyl/N-ethyl adjacent to an activating group) is 1. The first-order valence-corrected chi connectivity index (χ1v) is 11.6. The number of ether oxygens (including phenoxy) is 2. The van der Waals surface area contributed by atoms with E-state index in [1.165, 1.54) is 7.11 Å². The number of nitrogens with one attached hydrogen (secondary N) is 1. The van der Waals surface area contributed by atoms with Gasteiger partial charge in [-0.25, -0.2) is 8.42 Å². The number of methoxy groups -OCH3 is 1. The zero-order valence-electron chi connectivity index (χ0n) is 18.6.